The van der Waals surface area contributed by atoms with E-state index in [1.807, 2.05) is 0 Å². The second-order valence-corrected chi connectivity index (χ2v) is 13.2. The normalized spacial score (nSPS) is 14.3. The summed E-state index contributed by atoms with van der Waals surface area (Å²) in [6, 6.07) is 0. The Hall–Kier alpha value is -1.06. The number of carbonyl (C=O) groups excluding carboxylic acids is 2. The fourth-order valence-corrected chi connectivity index (χ4v) is 6.57. The summed E-state index contributed by atoms with van der Waals surface area (Å²) >= 11 is 0. The predicted octanol–water partition coefficient (Wildman–Crippen LogP) is 12.0. The summed E-state index contributed by atoms with van der Waals surface area (Å²) in [6.07, 6.45) is 27.2. The third-order valence-electron chi connectivity index (χ3n) is 9.27. The van der Waals surface area contributed by atoms with Crippen molar-refractivity contribution in [3.05, 3.63) is 0 Å². The van der Waals surface area contributed by atoms with Crippen LogP contribution in [0.25, 0.3) is 0 Å². The summed E-state index contributed by atoms with van der Waals surface area (Å²) in [5.74, 6) is 2.66. The molecule has 4 heteroatoms. The second kappa shape index (κ2) is 30.0. The molecule has 0 saturated carbocycles. The summed E-state index contributed by atoms with van der Waals surface area (Å²) in [4.78, 5) is 24.7. The van der Waals surface area contributed by atoms with E-state index < -0.39 is 0 Å². The molecule has 4 nitrogen and oxygen atoms in total. The molecule has 0 radical (unpaired) electrons. The van der Waals surface area contributed by atoms with Crippen molar-refractivity contribution >= 4 is 11.9 Å². The van der Waals surface area contributed by atoms with Crippen molar-refractivity contribution in [2.45, 2.75) is 196 Å². The van der Waals surface area contributed by atoms with E-state index in [2.05, 4.69) is 41.5 Å². The summed E-state index contributed by atoms with van der Waals surface area (Å²) in [5.41, 5.74) is 0. The number of esters is 2. The van der Waals surface area contributed by atoms with Crippen molar-refractivity contribution in [3.8, 4) is 0 Å². The van der Waals surface area contributed by atoms with Crippen LogP contribution in [0.2, 0.25) is 0 Å². The van der Waals surface area contributed by atoms with Gasteiger partial charge >= 0.3 is 11.9 Å². The van der Waals surface area contributed by atoms with Crippen LogP contribution in [0.3, 0.4) is 0 Å². The third-order valence-corrected chi connectivity index (χ3v) is 9.27. The van der Waals surface area contributed by atoms with Gasteiger partial charge in [-0.05, 0) is 62.2 Å². The van der Waals surface area contributed by atoms with E-state index in [0.29, 0.717) is 44.8 Å². The Morgan fingerprint density at radius 3 is 1.43 bits per heavy atom. The molecule has 0 fully saturated rings. The van der Waals surface area contributed by atoms with Gasteiger partial charge in [-0.25, -0.2) is 0 Å². The lowest BCUT2D eigenvalue weighted by molar-refractivity contribution is -0.147. The van der Waals surface area contributed by atoms with E-state index in [9.17, 15) is 9.59 Å². The Morgan fingerprint density at radius 2 is 0.881 bits per heavy atom. The van der Waals surface area contributed by atoms with Crippen LogP contribution in [-0.4, -0.2) is 25.2 Å². The van der Waals surface area contributed by atoms with Crippen LogP contribution in [0.5, 0.6) is 0 Å². The minimum Gasteiger partial charge on any atom is -0.466 e. The number of ether oxygens (including phenoxy) is 2. The zero-order chi connectivity index (χ0) is 31.3. The number of unbranched alkanes of at least 4 members (excludes halogenated alkanes) is 5. The van der Waals surface area contributed by atoms with Crippen LogP contribution in [-0.2, 0) is 19.1 Å². The first-order valence-electron chi connectivity index (χ1n) is 18.8. The maximum absolute atomic E-state index is 12.4. The highest BCUT2D eigenvalue weighted by molar-refractivity contribution is 5.70. The van der Waals surface area contributed by atoms with Crippen LogP contribution in [0.4, 0.5) is 0 Å². The van der Waals surface area contributed by atoms with Crippen molar-refractivity contribution in [3.63, 3.8) is 0 Å². The molecule has 0 N–H and O–H groups in total. The van der Waals surface area contributed by atoms with E-state index in [-0.39, 0.29) is 11.9 Å². The van der Waals surface area contributed by atoms with E-state index >= 15 is 0 Å². The maximum Gasteiger partial charge on any atom is 0.305 e. The Balaban J connectivity index is 4.30. The van der Waals surface area contributed by atoms with E-state index in [1.165, 1.54) is 116 Å². The summed E-state index contributed by atoms with van der Waals surface area (Å²) in [5, 5.41) is 0. The predicted molar refractivity (Wildman–Crippen MR) is 181 cm³/mol. The molecule has 0 aliphatic rings. The lowest BCUT2D eigenvalue weighted by Crippen LogP contribution is -2.17. The average molecular weight is 595 g/mol. The molecule has 0 saturated heterocycles. The highest BCUT2D eigenvalue weighted by atomic mass is 16.5. The van der Waals surface area contributed by atoms with Gasteiger partial charge in [0, 0.05) is 12.8 Å². The molecule has 0 rings (SSSR count). The van der Waals surface area contributed by atoms with Gasteiger partial charge in [-0.2, -0.15) is 0 Å². The summed E-state index contributed by atoms with van der Waals surface area (Å²) in [6.45, 7) is 14.8. The minimum atomic E-state index is -0.117. The second-order valence-electron chi connectivity index (χ2n) is 13.2. The summed E-state index contributed by atoms with van der Waals surface area (Å²) in [7, 11) is 0. The Morgan fingerprint density at radius 1 is 0.429 bits per heavy atom. The smallest absolute Gasteiger partial charge is 0.305 e. The Labute approximate surface area is 263 Å². The van der Waals surface area contributed by atoms with Gasteiger partial charge in [0.2, 0.25) is 0 Å². The van der Waals surface area contributed by atoms with Crippen molar-refractivity contribution in [2.75, 3.05) is 13.2 Å². The molecule has 42 heavy (non-hydrogen) atoms. The fraction of sp³-hybridized carbons (Fsp3) is 0.947. The first-order valence-corrected chi connectivity index (χ1v) is 18.8. The number of hydrogen-bond donors (Lipinski definition) is 0. The van der Waals surface area contributed by atoms with Gasteiger partial charge in [0.15, 0.2) is 0 Å². The van der Waals surface area contributed by atoms with Crippen molar-refractivity contribution in [1.29, 1.82) is 0 Å². The number of carbonyl (C=O) groups is 2. The summed E-state index contributed by atoms with van der Waals surface area (Å²) < 4.78 is 11.3. The fourth-order valence-electron chi connectivity index (χ4n) is 6.57. The zero-order valence-corrected chi connectivity index (χ0v) is 29.3. The topological polar surface area (TPSA) is 52.6 Å². The molecule has 250 valence electrons. The van der Waals surface area contributed by atoms with Crippen LogP contribution in [0.15, 0.2) is 0 Å². The standard InChI is InChI=1S/C38H74O4/c1-7-13-22-33(20-11-5)29-30-34(23-14-8-2)32-42-38(40)28-18-17-27-37(39)41-31-19-26-36(25-16-10-4)35(21-12-6)24-15-9-3/h33-36H,7-32H2,1-6H3/t33-,34+,35-,36+/m0/s1. The lowest BCUT2D eigenvalue weighted by Gasteiger charge is -2.27. The third kappa shape index (κ3) is 23.4. The SMILES string of the molecule is CCCC[C@H](CCC)CC[C@@H](CCCC)COC(=O)CCCCC(=O)OCCC[C@@H](CCCC)[C@@H](CCC)CCCC. The first-order chi connectivity index (χ1) is 20.4. The van der Waals surface area contributed by atoms with Crippen LogP contribution in [0.1, 0.15) is 196 Å². The van der Waals surface area contributed by atoms with E-state index in [1.54, 1.807) is 0 Å². The lowest BCUT2D eigenvalue weighted by atomic mass is 9.79. The number of hydrogen-bond acceptors (Lipinski definition) is 4. The molecule has 0 heterocycles. The molecule has 0 aromatic rings. The van der Waals surface area contributed by atoms with Crippen molar-refractivity contribution in [2.24, 2.45) is 23.7 Å². The van der Waals surface area contributed by atoms with Crippen LogP contribution in [0, 0.1) is 23.7 Å². The minimum absolute atomic E-state index is 0.108. The molecule has 0 aliphatic carbocycles. The molecule has 0 spiro atoms. The molecule has 0 aliphatic heterocycles. The van der Waals surface area contributed by atoms with E-state index in [0.717, 1.165) is 30.6 Å². The van der Waals surface area contributed by atoms with Gasteiger partial charge in [-0.1, -0.05) is 144 Å². The molecule has 0 bridgehead atoms. The van der Waals surface area contributed by atoms with Crippen LogP contribution >= 0.6 is 0 Å². The highest BCUT2D eigenvalue weighted by Gasteiger charge is 2.20. The molecule has 4 atom stereocenters. The molecule has 0 amide bonds. The molecule has 0 aromatic carbocycles. The molecule has 0 unspecified atom stereocenters. The average Bonchev–Trinajstić information content (AvgIpc) is 2.99. The van der Waals surface area contributed by atoms with Gasteiger partial charge in [0.05, 0.1) is 13.2 Å². The largest absolute Gasteiger partial charge is 0.466 e. The molecular weight excluding hydrogens is 520 g/mol. The van der Waals surface area contributed by atoms with E-state index in [4.69, 9.17) is 9.47 Å². The molecular formula is C38H74O4. The quantitative estimate of drug-likeness (QED) is 0.0591. The van der Waals surface area contributed by atoms with Crippen LogP contribution < -0.4 is 0 Å². The van der Waals surface area contributed by atoms with Crippen molar-refractivity contribution < 1.29 is 19.1 Å². The maximum atomic E-state index is 12.4. The first kappa shape index (κ1) is 40.9. The Bertz CT molecular complexity index is 604. The van der Waals surface area contributed by atoms with Gasteiger partial charge in [0.25, 0.3) is 0 Å². The zero-order valence-electron chi connectivity index (χ0n) is 29.3. The van der Waals surface area contributed by atoms with Gasteiger partial charge in [-0.15, -0.1) is 0 Å². The van der Waals surface area contributed by atoms with Gasteiger partial charge in [0.1, 0.15) is 0 Å². The number of rotatable bonds is 31. The van der Waals surface area contributed by atoms with Gasteiger partial charge in [-0.3, -0.25) is 9.59 Å². The van der Waals surface area contributed by atoms with Crippen molar-refractivity contribution in [1.82, 2.24) is 0 Å². The molecule has 0 aromatic heterocycles. The van der Waals surface area contributed by atoms with Gasteiger partial charge < -0.3 is 9.47 Å². The monoisotopic (exact) mass is 595 g/mol. The highest BCUT2D eigenvalue weighted by Crippen LogP contribution is 2.31. The Kier molecular flexibility index (Phi) is 29.2.